The van der Waals surface area contributed by atoms with Gasteiger partial charge in [0.25, 0.3) is 0 Å². The molecule has 104 valence electrons. The predicted octanol–water partition coefficient (Wildman–Crippen LogP) is 1.05. The van der Waals surface area contributed by atoms with E-state index in [0.717, 1.165) is 30.6 Å². The van der Waals surface area contributed by atoms with Crippen LogP contribution >= 0.6 is 0 Å². The molecule has 4 N–H and O–H groups in total. The Morgan fingerprint density at radius 3 is 2.79 bits per heavy atom. The van der Waals surface area contributed by atoms with E-state index in [1.54, 1.807) is 0 Å². The number of aryl methyl sites for hydroxylation is 1. The van der Waals surface area contributed by atoms with Crippen LogP contribution in [-0.2, 0) is 6.54 Å². The first-order valence-electron chi connectivity index (χ1n) is 6.43. The lowest BCUT2D eigenvalue weighted by atomic mass is 10.0. The molecule has 2 rings (SSSR count). The van der Waals surface area contributed by atoms with Crippen molar-refractivity contribution in [3.05, 3.63) is 34.9 Å². The summed E-state index contributed by atoms with van der Waals surface area (Å²) in [5.74, 6) is 0.124. The second kappa shape index (κ2) is 5.19. The lowest BCUT2D eigenvalue weighted by Gasteiger charge is -2.20. The summed E-state index contributed by atoms with van der Waals surface area (Å²) in [5.41, 5.74) is 8.03. The van der Waals surface area contributed by atoms with Gasteiger partial charge in [-0.1, -0.05) is 17.3 Å². The van der Waals surface area contributed by atoms with Gasteiger partial charge in [-0.2, -0.15) is 0 Å². The maximum absolute atomic E-state index is 9.96. The van der Waals surface area contributed by atoms with Gasteiger partial charge < -0.3 is 16.0 Å². The zero-order chi connectivity index (χ0) is 14.0. The number of nitrogens with zero attached hydrogens (tertiary/aromatic N) is 2. The van der Waals surface area contributed by atoms with Crippen LogP contribution in [0, 0.1) is 6.92 Å². The number of hydrogen-bond acceptors (Lipinski definition) is 4. The van der Waals surface area contributed by atoms with E-state index in [4.69, 9.17) is 10.9 Å². The van der Waals surface area contributed by atoms with E-state index in [2.05, 4.69) is 10.1 Å². The maximum atomic E-state index is 9.96. The third-order valence-corrected chi connectivity index (χ3v) is 3.67. The molecule has 5 nitrogen and oxygen atoms in total. The van der Waals surface area contributed by atoms with E-state index < -0.39 is 5.60 Å². The summed E-state index contributed by atoms with van der Waals surface area (Å²) in [5, 5.41) is 21.6. The lowest BCUT2D eigenvalue weighted by molar-refractivity contribution is 0.0679. The minimum Gasteiger partial charge on any atom is -0.409 e. The fourth-order valence-corrected chi connectivity index (χ4v) is 2.51. The fourth-order valence-electron chi connectivity index (χ4n) is 2.51. The zero-order valence-corrected chi connectivity index (χ0v) is 11.4. The average Bonchev–Trinajstić information content (AvgIpc) is 2.70. The van der Waals surface area contributed by atoms with Gasteiger partial charge in [0.15, 0.2) is 5.84 Å². The van der Waals surface area contributed by atoms with Gasteiger partial charge in [0.2, 0.25) is 0 Å². The molecule has 0 amide bonds. The molecule has 1 saturated heterocycles. The highest BCUT2D eigenvalue weighted by Crippen LogP contribution is 2.23. The molecule has 1 aromatic rings. The summed E-state index contributed by atoms with van der Waals surface area (Å²) in [6, 6.07) is 5.76. The molecule has 1 aliphatic heterocycles. The van der Waals surface area contributed by atoms with Gasteiger partial charge in [-0.3, -0.25) is 4.90 Å². The second-order valence-corrected chi connectivity index (χ2v) is 5.58. The quantitative estimate of drug-likeness (QED) is 0.329. The Morgan fingerprint density at radius 1 is 1.53 bits per heavy atom. The minimum absolute atomic E-state index is 0.124. The molecule has 0 aliphatic carbocycles. The standard InChI is InChI=1S/C14H21N3O2/c1-10-7-11(13(15)16-19)3-4-12(10)8-17-6-5-14(2,18)9-17/h3-4,7,18-19H,5-6,8-9H2,1-2H3,(H2,15,16). The van der Waals surface area contributed by atoms with E-state index in [-0.39, 0.29) is 5.84 Å². The molecule has 0 radical (unpaired) electrons. The Bertz CT molecular complexity index is 497. The largest absolute Gasteiger partial charge is 0.409 e. The van der Waals surface area contributed by atoms with Gasteiger partial charge in [-0.15, -0.1) is 0 Å². The molecule has 1 atom stereocenters. The molecule has 0 bridgehead atoms. The van der Waals surface area contributed by atoms with Crippen LogP contribution in [0.5, 0.6) is 0 Å². The molecular weight excluding hydrogens is 242 g/mol. The van der Waals surface area contributed by atoms with Crippen LogP contribution in [0.2, 0.25) is 0 Å². The first-order chi connectivity index (χ1) is 8.91. The normalized spacial score (nSPS) is 24.9. The molecule has 0 saturated carbocycles. The van der Waals surface area contributed by atoms with E-state index >= 15 is 0 Å². The van der Waals surface area contributed by atoms with Crippen LogP contribution < -0.4 is 5.73 Å². The number of likely N-dealkylation sites (tertiary alicyclic amines) is 1. The van der Waals surface area contributed by atoms with E-state index in [1.807, 2.05) is 32.0 Å². The maximum Gasteiger partial charge on any atom is 0.170 e. The second-order valence-electron chi connectivity index (χ2n) is 5.58. The van der Waals surface area contributed by atoms with Crippen molar-refractivity contribution in [1.82, 2.24) is 4.90 Å². The van der Waals surface area contributed by atoms with E-state index in [9.17, 15) is 5.11 Å². The molecule has 1 heterocycles. The van der Waals surface area contributed by atoms with Crippen LogP contribution in [0.1, 0.15) is 30.0 Å². The third-order valence-electron chi connectivity index (χ3n) is 3.67. The zero-order valence-electron chi connectivity index (χ0n) is 11.4. The Balaban J connectivity index is 2.10. The van der Waals surface area contributed by atoms with E-state index in [0.29, 0.717) is 6.54 Å². The summed E-state index contributed by atoms with van der Waals surface area (Å²) >= 11 is 0. The van der Waals surface area contributed by atoms with Crippen molar-refractivity contribution in [3.8, 4) is 0 Å². The molecule has 19 heavy (non-hydrogen) atoms. The summed E-state index contributed by atoms with van der Waals surface area (Å²) in [6.07, 6.45) is 0.814. The van der Waals surface area contributed by atoms with Crippen molar-refractivity contribution in [2.24, 2.45) is 10.9 Å². The van der Waals surface area contributed by atoms with Crippen LogP contribution in [0.25, 0.3) is 0 Å². The van der Waals surface area contributed by atoms with Gasteiger partial charge >= 0.3 is 0 Å². The number of oxime groups is 1. The van der Waals surface area contributed by atoms with Crippen molar-refractivity contribution in [2.75, 3.05) is 13.1 Å². The molecule has 0 spiro atoms. The van der Waals surface area contributed by atoms with Gasteiger partial charge in [-0.25, -0.2) is 0 Å². The molecule has 1 fully saturated rings. The first-order valence-corrected chi connectivity index (χ1v) is 6.43. The molecule has 1 aliphatic rings. The number of aliphatic hydroxyl groups is 1. The van der Waals surface area contributed by atoms with Crippen molar-refractivity contribution in [2.45, 2.75) is 32.4 Å². The Labute approximate surface area is 113 Å². The topological polar surface area (TPSA) is 82.1 Å². The molecule has 1 aromatic carbocycles. The van der Waals surface area contributed by atoms with Crippen molar-refractivity contribution >= 4 is 5.84 Å². The van der Waals surface area contributed by atoms with E-state index in [1.165, 1.54) is 5.56 Å². The highest BCUT2D eigenvalue weighted by Gasteiger charge is 2.31. The van der Waals surface area contributed by atoms with Crippen molar-refractivity contribution in [1.29, 1.82) is 0 Å². The SMILES string of the molecule is Cc1cc(/C(N)=N/O)ccc1CN1CCC(C)(O)C1. The van der Waals surface area contributed by atoms with Crippen LogP contribution in [-0.4, -0.2) is 39.7 Å². The van der Waals surface area contributed by atoms with Crippen LogP contribution in [0.3, 0.4) is 0 Å². The summed E-state index contributed by atoms with van der Waals surface area (Å²) in [6.45, 7) is 6.32. The molecular formula is C14H21N3O2. The Morgan fingerprint density at radius 2 is 2.26 bits per heavy atom. The summed E-state index contributed by atoms with van der Waals surface area (Å²) in [7, 11) is 0. The highest BCUT2D eigenvalue weighted by atomic mass is 16.4. The number of hydrogen-bond donors (Lipinski definition) is 3. The molecule has 0 aromatic heterocycles. The predicted molar refractivity (Wildman–Crippen MR) is 74.2 cm³/mol. The smallest absolute Gasteiger partial charge is 0.170 e. The van der Waals surface area contributed by atoms with Gasteiger partial charge in [0.1, 0.15) is 0 Å². The number of benzene rings is 1. The summed E-state index contributed by atoms with van der Waals surface area (Å²) < 4.78 is 0. The third kappa shape index (κ3) is 3.24. The average molecular weight is 263 g/mol. The van der Waals surface area contributed by atoms with Crippen molar-refractivity contribution in [3.63, 3.8) is 0 Å². The van der Waals surface area contributed by atoms with Gasteiger partial charge in [-0.05, 0) is 37.5 Å². The van der Waals surface area contributed by atoms with Crippen molar-refractivity contribution < 1.29 is 10.3 Å². The fraction of sp³-hybridized carbons (Fsp3) is 0.500. The number of amidine groups is 1. The highest BCUT2D eigenvalue weighted by molar-refractivity contribution is 5.97. The molecule has 1 unspecified atom stereocenters. The van der Waals surface area contributed by atoms with Crippen LogP contribution in [0.15, 0.2) is 23.4 Å². The monoisotopic (exact) mass is 263 g/mol. The minimum atomic E-state index is -0.568. The molecule has 5 heteroatoms. The number of rotatable bonds is 3. The number of nitrogens with two attached hydrogens (primary N) is 1. The Hall–Kier alpha value is -1.59. The van der Waals surface area contributed by atoms with Gasteiger partial charge in [0.05, 0.1) is 5.60 Å². The lowest BCUT2D eigenvalue weighted by Crippen LogP contribution is -2.29. The Kier molecular flexibility index (Phi) is 3.78. The van der Waals surface area contributed by atoms with Gasteiger partial charge in [0, 0.05) is 25.2 Å². The number of β-amino-alcohol motifs (C(OH)–C–C–N with tert-alkyl or cyclic N) is 1. The summed E-state index contributed by atoms with van der Waals surface area (Å²) in [4.78, 5) is 2.24. The van der Waals surface area contributed by atoms with Crippen LogP contribution in [0.4, 0.5) is 0 Å². The first kappa shape index (κ1) is 13.8.